The van der Waals surface area contributed by atoms with Crippen LogP contribution >= 0.6 is 0 Å². The third-order valence-electron chi connectivity index (χ3n) is 3.63. The molecular weight excluding hydrogens is 272 g/mol. The van der Waals surface area contributed by atoms with Crippen LogP contribution in [0, 0.1) is 10.1 Å². The second-order valence-corrected chi connectivity index (χ2v) is 5.15. The number of carbonyl (C=O) groups excluding carboxylic acids is 1. The lowest BCUT2D eigenvalue weighted by Crippen LogP contribution is -2.36. The van der Waals surface area contributed by atoms with Gasteiger partial charge in [0, 0.05) is 18.8 Å². The molecule has 3 rings (SSSR count). The number of para-hydroxylation sites is 1. The third-order valence-corrected chi connectivity index (χ3v) is 3.63. The quantitative estimate of drug-likeness (QED) is 0.624. The highest BCUT2D eigenvalue weighted by atomic mass is 16.6. The Morgan fingerprint density at radius 2 is 2.14 bits per heavy atom. The zero-order valence-electron chi connectivity index (χ0n) is 11.7. The number of nitro groups is 1. The number of amides is 1. The Kier molecular flexibility index (Phi) is 2.97. The SMILES string of the molecule is C[C@H]1Cc2ccccc2N1C(=O)c1nn(C)cc1[N+](=O)[O-]. The molecule has 0 N–H and O–H groups in total. The van der Waals surface area contributed by atoms with Crippen molar-refractivity contribution >= 4 is 17.3 Å². The summed E-state index contributed by atoms with van der Waals surface area (Å²) in [6.45, 7) is 1.92. The Morgan fingerprint density at radius 3 is 2.86 bits per heavy atom. The van der Waals surface area contributed by atoms with E-state index in [1.54, 1.807) is 11.9 Å². The minimum Gasteiger partial charge on any atom is -0.303 e. The van der Waals surface area contributed by atoms with Crippen LogP contribution in [0.4, 0.5) is 11.4 Å². The van der Waals surface area contributed by atoms with Gasteiger partial charge in [-0.25, -0.2) is 0 Å². The largest absolute Gasteiger partial charge is 0.320 e. The van der Waals surface area contributed by atoms with Crippen LogP contribution in [0.5, 0.6) is 0 Å². The highest BCUT2D eigenvalue weighted by molar-refractivity contribution is 6.08. The molecule has 0 saturated carbocycles. The number of nitrogens with zero attached hydrogens (tertiary/aromatic N) is 4. The van der Waals surface area contributed by atoms with Gasteiger partial charge in [-0.1, -0.05) is 18.2 Å². The van der Waals surface area contributed by atoms with E-state index in [1.165, 1.54) is 10.9 Å². The molecule has 0 aliphatic carbocycles. The van der Waals surface area contributed by atoms with Crippen LogP contribution in [0.2, 0.25) is 0 Å². The fraction of sp³-hybridized carbons (Fsp3) is 0.286. The zero-order chi connectivity index (χ0) is 15.1. The molecule has 1 aromatic carbocycles. The number of hydrogen-bond acceptors (Lipinski definition) is 4. The lowest BCUT2D eigenvalue weighted by molar-refractivity contribution is -0.385. The van der Waals surface area contributed by atoms with Crippen molar-refractivity contribution in [3.8, 4) is 0 Å². The van der Waals surface area contributed by atoms with Crippen molar-refractivity contribution in [2.24, 2.45) is 7.05 Å². The van der Waals surface area contributed by atoms with E-state index in [1.807, 2.05) is 31.2 Å². The van der Waals surface area contributed by atoms with E-state index in [0.717, 1.165) is 17.7 Å². The van der Waals surface area contributed by atoms with Crippen LogP contribution in [0.3, 0.4) is 0 Å². The van der Waals surface area contributed by atoms with E-state index in [4.69, 9.17) is 0 Å². The first-order chi connectivity index (χ1) is 9.99. The van der Waals surface area contributed by atoms with Crippen molar-refractivity contribution < 1.29 is 9.72 Å². The lowest BCUT2D eigenvalue weighted by atomic mass is 10.1. The Hall–Kier alpha value is -2.70. The van der Waals surface area contributed by atoms with E-state index in [9.17, 15) is 14.9 Å². The van der Waals surface area contributed by atoms with Crippen molar-refractivity contribution in [2.45, 2.75) is 19.4 Å². The van der Waals surface area contributed by atoms with Gasteiger partial charge in [-0.3, -0.25) is 19.6 Å². The minimum absolute atomic E-state index is 0.0449. The maximum absolute atomic E-state index is 12.7. The number of rotatable bonds is 2. The number of carbonyl (C=O) groups is 1. The van der Waals surface area contributed by atoms with Crippen LogP contribution in [0.25, 0.3) is 0 Å². The minimum atomic E-state index is -0.577. The van der Waals surface area contributed by atoms with Crippen molar-refractivity contribution in [2.75, 3.05) is 4.90 Å². The number of aromatic nitrogens is 2. The first-order valence-electron chi connectivity index (χ1n) is 6.58. The standard InChI is InChI=1S/C14H14N4O3/c1-9-7-10-5-3-4-6-11(10)17(9)14(19)13-12(18(20)21)8-16(2)15-13/h3-6,8-9H,7H2,1-2H3/t9-/m0/s1. The monoisotopic (exact) mass is 286 g/mol. The molecule has 0 spiro atoms. The highest BCUT2D eigenvalue weighted by Crippen LogP contribution is 2.34. The van der Waals surface area contributed by atoms with Crippen molar-refractivity contribution in [3.63, 3.8) is 0 Å². The molecule has 2 aromatic rings. The van der Waals surface area contributed by atoms with Crippen LogP contribution < -0.4 is 4.90 Å². The first-order valence-corrected chi connectivity index (χ1v) is 6.58. The normalized spacial score (nSPS) is 16.9. The molecule has 1 amide bonds. The Balaban J connectivity index is 2.05. The molecule has 7 nitrogen and oxygen atoms in total. The summed E-state index contributed by atoms with van der Waals surface area (Å²) < 4.78 is 1.29. The molecule has 7 heteroatoms. The summed E-state index contributed by atoms with van der Waals surface area (Å²) in [6, 6.07) is 7.54. The number of benzene rings is 1. The third kappa shape index (κ3) is 2.06. The molecule has 0 radical (unpaired) electrons. The van der Waals surface area contributed by atoms with E-state index in [2.05, 4.69) is 5.10 Å². The molecule has 0 saturated heterocycles. The first kappa shape index (κ1) is 13.3. The summed E-state index contributed by atoms with van der Waals surface area (Å²) in [5, 5.41) is 15.0. The van der Waals surface area contributed by atoms with E-state index in [-0.39, 0.29) is 17.4 Å². The van der Waals surface area contributed by atoms with Crippen LogP contribution in [-0.2, 0) is 13.5 Å². The summed E-state index contributed by atoms with van der Waals surface area (Å²) in [7, 11) is 1.56. The smallest absolute Gasteiger partial charge is 0.303 e. The molecule has 2 heterocycles. The average Bonchev–Trinajstić information content (AvgIpc) is 2.97. The summed E-state index contributed by atoms with van der Waals surface area (Å²) in [5.41, 5.74) is 1.48. The second kappa shape index (κ2) is 4.69. The van der Waals surface area contributed by atoms with Gasteiger partial charge in [-0.15, -0.1) is 0 Å². The fourth-order valence-corrected chi connectivity index (χ4v) is 2.75. The number of anilines is 1. The number of fused-ring (bicyclic) bond motifs is 1. The van der Waals surface area contributed by atoms with Crippen molar-refractivity contribution in [1.82, 2.24) is 9.78 Å². The summed E-state index contributed by atoms with van der Waals surface area (Å²) in [4.78, 5) is 24.8. The molecule has 1 aliphatic heterocycles. The van der Waals surface area contributed by atoms with Gasteiger partial charge in [-0.05, 0) is 25.0 Å². The van der Waals surface area contributed by atoms with Gasteiger partial charge in [0.2, 0.25) is 5.69 Å². The lowest BCUT2D eigenvalue weighted by Gasteiger charge is -2.21. The van der Waals surface area contributed by atoms with Crippen LogP contribution in [-0.4, -0.2) is 26.7 Å². The predicted molar refractivity (Wildman–Crippen MR) is 76.3 cm³/mol. The Morgan fingerprint density at radius 1 is 1.43 bits per heavy atom. The Labute approximate surface area is 120 Å². The summed E-state index contributed by atoms with van der Waals surface area (Å²) in [6.07, 6.45) is 1.99. The van der Waals surface area contributed by atoms with Gasteiger partial charge < -0.3 is 4.90 Å². The zero-order valence-corrected chi connectivity index (χ0v) is 11.7. The summed E-state index contributed by atoms with van der Waals surface area (Å²) >= 11 is 0. The number of hydrogen-bond donors (Lipinski definition) is 0. The molecule has 21 heavy (non-hydrogen) atoms. The van der Waals surface area contributed by atoms with E-state index in [0.29, 0.717) is 0 Å². The van der Waals surface area contributed by atoms with Crippen LogP contribution in [0.15, 0.2) is 30.5 Å². The molecule has 0 fully saturated rings. The topological polar surface area (TPSA) is 81.3 Å². The average molecular weight is 286 g/mol. The van der Waals surface area contributed by atoms with Gasteiger partial charge in [0.25, 0.3) is 5.91 Å². The van der Waals surface area contributed by atoms with Gasteiger partial charge in [-0.2, -0.15) is 5.10 Å². The van der Waals surface area contributed by atoms with Crippen molar-refractivity contribution in [1.29, 1.82) is 0 Å². The van der Waals surface area contributed by atoms with E-state index >= 15 is 0 Å². The maximum Gasteiger partial charge on any atom is 0.320 e. The van der Waals surface area contributed by atoms with Gasteiger partial charge >= 0.3 is 5.69 Å². The number of aryl methyl sites for hydroxylation is 1. The molecule has 1 aromatic heterocycles. The second-order valence-electron chi connectivity index (χ2n) is 5.15. The fourth-order valence-electron chi connectivity index (χ4n) is 2.75. The van der Waals surface area contributed by atoms with Gasteiger partial charge in [0.15, 0.2) is 0 Å². The maximum atomic E-state index is 12.7. The molecule has 1 aliphatic rings. The Bertz CT molecular complexity index is 738. The predicted octanol–water partition coefficient (Wildman–Crippen LogP) is 1.92. The van der Waals surface area contributed by atoms with Crippen LogP contribution in [0.1, 0.15) is 23.0 Å². The van der Waals surface area contributed by atoms with E-state index < -0.39 is 10.8 Å². The molecule has 108 valence electrons. The summed E-state index contributed by atoms with van der Waals surface area (Å²) in [5.74, 6) is -0.431. The molecule has 1 atom stereocenters. The molecular formula is C14H14N4O3. The molecule has 0 bridgehead atoms. The van der Waals surface area contributed by atoms with Crippen molar-refractivity contribution in [3.05, 3.63) is 51.8 Å². The van der Waals surface area contributed by atoms with Gasteiger partial charge in [0.05, 0.1) is 4.92 Å². The van der Waals surface area contributed by atoms with Gasteiger partial charge in [0.1, 0.15) is 6.20 Å². The molecule has 0 unspecified atom stereocenters. The highest BCUT2D eigenvalue weighted by Gasteiger charge is 2.36.